The Hall–Kier alpha value is -0.803. The number of para-hydroxylation sites is 1. The van der Waals surface area contributed by atoms with Crippen molar-refractivity contribution < 1.29 is 0 Å². The standard InChI is InChI=1S/C9H15N2Si/c1-10-11(12(2)3)9-7-5-4-6-8-9/h4-8,10H,1-3H3. The van der Waals surface area contributed by atoms with Gasteiger partial charge in [0.25, 0.3) is 0 Å². The SMILES string of the molecule is CNN(c1ccccc1)[Si](C)C. The van der Waals surface area contributed by atoms with Crippen molar-refractivity contribution in [1.29, 1.82) is 0 Å². The molecule has 0 heterocycles. The van der Waals surface area contributed by atoms with Gasteiger partial charge >= 0.3 is 0 Å². The van der Waals surface area contributed by atoms with Crippen LogP contribution in [0.1, 0.15) is 0 Å². The summed E-state index contributed by atoms with van der Waals surface area (Å²) in [5, 5.41) is 0. The van der Waals surface area contributed by atoms with Crippen molar-refractivity contribution in [3.05, 3.63) is 30.3 Å². The monoisotopic (exact) mass is 179 g/mol. The van der Waals surface area contributed by atoms with Crippen molar-refractivity contribution in [3.8, 4) is 0 Å². The molecule has 0 fully saturated rings. The molecule has 12 heavy (non-hydrogen) atoms. The molecule has 0 spiro atoms. The minimum Gasteiger partial charge on any atom is -0.337 e. The van der Waals surface area contributed by atoms with Crippen LogP contribution in [0.3, 0.4) is 0 Å². The van der Waals surface area contributed by atoms with Gasteiger partial charge in [-0.15, -0.1) is 0 Å². The van der Waals surface area contributed by atoms with Crippen molar-refractivity contribution in [3.63, 3.8) is 0 Å². The van der Waals surface area contributed by atoms with E-state index in [1.165, 1.54) is 5.69 Å². The number of hydrogen-bond donors (Lipinski definition) is 1. The second-order valence-corrected chi connectivity index (χ2v) is 5.18. The van der Waals surface area contributed by atoms with Crippen LogP contribution in [0, 0.1) is 0 Å². The number of nitrogens with zero attached hydrogens (tertiary/aromatic N) is 1. The van der Waals surface area contributed by atoms with Crippen molar-refractivity contribution in [2.75, 3.05) is 11.7 Å². The van der Waals surface area contributed by atoms with Gasteiger partial charge in [-0.3, -0.25) is 0 Å². The Balaban J connectivity index is 2.80. The molecule has 65 valence electrons. The predicted molar refractivity (Wildman–Crippen MR) is 55.5 cm³/mol. The van der Waals surface area contributed by atoms with Gasteiger partial charge in [-0.05, 0) is 12.1 Å². The van der Waals surface area contributed by atoms with Crippen molar-refractivity contribution in [2.45, 2.75) is 13.1 Å². The Kier molecular flexibility index (Phi) is 3.31. The summed E-state index contributed by atoms with van der Waals surface area (Å²) in [6, 6.07) is 10.4. The highest BCUT2D eigenvalue weighted by molar-refractivity contribution is 6.60. The van der Waals surface area contributed by atoms with Crippen LogP contribution < -0.4 is 10.1 Å². The van der Waals surface area contributed by atoms with E-state index in [0.717, 1.165) is 0 Å². The number of hydrogen-bond acceptors (Lipinski definition) is 2. The molecule has 0 aliphatic rings. The molecule has 0 aromatic heterocycles. The number of benzene rings is 1. The van der Waals surface area contributed by atoms with Crippen LogP contribution in [0.15, 0.2) is 30.3 Å². The normalized spacial score (nSPS) is 10.3. The van der Waals surface area contributed by atoms with Gasteiger partial charge in [-0.2, -0.15) is 0 Å². The summed E-state index contributed by atoms with van der Waals surface area (Å²) < 4.78 is 2.23. The number of nitrogens with one attached hydrogen (secondary N) is 1. The molecule has 1 aromatic carbocycles. The average molecular weight is 179 g/mol. The van der Waals surface area contributed by atoms with E-state index in [2.05, 4.69) is 47.5 Å². The quantitative estimate of drug-likeness (QED) is 0.563. The molecule has 2 nitrogen and oxygen atoms in total. The largest absolute Gasteiger partial charge is 0.337 e. The van der Waals surface area contributed by atoms with E-state index >= 15 is 0 Å². The summed E-state index contributed by atoms with van der Waals surface area (Å²) in [5.41, 5.74) is 4.45. The van der Waals surface area contributed by atoms with Gasteiger partial charge in [0, 0.05) is 12.7 Å². The number of anilines is 1. The van der Waals surface area contributed by atoms with E-state index in [-0.39, 0.29) is 0 Å². The summed E-state index contributed by atoms with van der Waals surface area (Å²) >= 11 is 0. The van der Waals surface area contributed by atoms with Gasteiger partial charge in [0.05, 0.1) is 0 Å². The third-order valence-electron chi connectivity index (χ3n) is 1.69. The Morgan fingerprint density at radius 1 is 1.17 bits per heavy atom. The first-order valence-corrected chi connectivity index (χ1v) is 6.53. The highest BCUT2D eigenvalue weighted by atomic mass is 28.3. The van der Waals surface area contributed by atoms with Crippen LogP contribution in [0.2, 0.25) is 13.1 Å². The molecule has 0 aliphatic carbocycles. The fraction of sp³-hybridized carbons (Fsp3) is 0.333. The molecule has 1 N–H and O–H groups in total. The molecular formula is C9H15N2Si. The molecular weight excluding hydrogens is 164 g/mol. The summed E-state index contributed by atoms with van der Waals surface area (Å²) in [5.74, 6) is 0. The Bertz CT molecular complexity index is 223. The van der Waals surface area contributed by atoms with E-state index in [0.29, 0.717) is 0 Å². The maximum atomic E-state index is 3.20. The average Bonchev–Trinajstić information content (AvgIpc) is 2.07. The molecule has 0 bridgehead atoms. The minimum atomic E-state index is -0.454. The molecule has 1 radical (unpaired) electrons. The van der Waals surface area contributed by atoms with Crippen LogP contribution in [0.25, 0.3) is 0 Å². The lowest BCUT2D eigenvalue weighted by atomic mass is 10.3. The van der Waals surface area contributed by atoms with Crippen molar-refractivity contribution >= 4 is 14.6 Å². The second-order valence-electron chi connectivity index (χ2n) is 2.84. The Morgan fingerprint density at radius 2 is 1.75 bits per heavy atom. The molecule has 0 atom stereocenters. The highest BCUT2D eigenvalue weighted by Gasteiger charge is 2.08. The summed E-state index contributed by atoms with van der Waals surface area (Å²) in [6.07, 6.45) is 0. The minimum absolute atomic E-state index is 0.454. The maximum absolute atomic E-state index is 3.20. The van der Waals surface area contributed by atoms with Gasteiger partial charge in [-0.1, -0.05) is 31.3 Å². The smallest absolute Gasteiger partial charge is 0.184 e. The van der Waals surface area contributed by atoms with Gasteiger partial charge in [0.15, 0.2) is 8.96 Å². The van der Waals surface area contributed by atoms with E-state index in [9.17, 15) is 0 Å². The molecule has 0 saturated carbocycles. The van der Waals surface area contributed by atoms with Crippen LogP contribution in [-0.4, -0.2) is 16.0 Å². The van der Waals surface area contributed by atoms with Crippen LogP contribution in [0.5, 0.6) is 0 Å². The predicted octanol–water partition coefficient (Wildman–Crippen LogP) is 1.88. The molecule has 1 aromatic rings. The molecule has 0 unspecified atom stereocenters. The van der Waals surface area contributed by atoms with E-state index in [1.54, 1.807) is 0 Å². The summed E-state index contributed by atoms with van der Waals surface area (Å²) in [4.78, 5) is 0. The summed E-state index contributed by atoms with van der Waals surface area (Å²) in [6.45, 7) is 4.52. The lowest BCUT2D eigenvalue weighted by Crippen LogP contribution is -2.43. The lowest BCUT2D eigenvalue weighted by Gasteiger charge is -2.26. The van der Waals surface area contributed by atoms with Gasteiger partial charge < -0.3 is 4.67 Å². The highest BCUT2D eigenvalue weighted by Crippen LogP contribution is 2.11. The first-order chi connectivity index (χ1) is 5.75. The van der Waals surface area contributed by atoms with Crippen molar-refractivity contribution in [1.82, 2.24) is 5.43 Å². The molecule has 1 rings (SSSR count). The zero-order valence-electron chi connectivity index (χ0n) is 7.83. The van der Waals surface area contributed by atoms with Crippen LogP contribution in [-0.2, 0) is 0 Å². The molecule has 0 saturated heterocycles. The molecule has 0 aliphatic heterocycles. The Morgan fingerprint density at radius 3 is 2.17 bits per heavy atom. The van der Waals surface area contributed by atoms with Crippen LogP contribution in [0.4, 0.5) is 5.69 Å². The fourth-order valence-corrected chi connectivity index (χ4v) is 2.30. The molecule has 3 heteroatoms. The zero-order chi connectivity index (χ0) is 8.97. The lowest BCUT2D eigenvalue weighted by molar-refractivity contribution is 0.871. The van der Waals surface area contributed by atoms with Gasteiger partial charge in [-0.25, -0.2) is 5.43 Å². The van der Waals surface area contributed by atoms with E-state index < -0.39 is 8.96 Å². The first kappa shape index (κ1) is 9.29. The first-order valence-electron chi connectivity index (χ1n) is 4.08. The Labute approximate surface area is 75.9 Å². The zero-order valence-corrected chi connectivity index (χ0v) is 8.83. The third-order valence-corrected chi connectivity index (χ3v) is 3.06. The molecule has 0 amide bonds. The van der Waals surface area contributed by atoms with E-state index in [1.807, 2.05) is 13.1 Å². The summed E-state index contributed by atoms with van der Waals surface area (Å²) in [7, 11) is 1.51. The van der Waals surface area contributed by atoms with Crippen molar-refractivity contribution in [2.24, 2.45) is 0 Å². The third kappa shape index (κ3) is 2.09. The number of hydrazine groups is 1. The number of rotatable bonds is 3. The topological polar surface area (TPSA) is 15.3 Å². The van der Waals surface area contributed by atoms with E-state index in [4.69, 9.17) is 0 Å². The maximum Gasteiger partial charge on any atom is 0.184 e. The second kappa shape index (κ2) is 4.28. The fourth-order valence-electron chi connectivity index (χ4n) is 1.19. The van der Waals surface area contributed by atoms with Gasteiger partial charge in [0.1, 0.15) is 0 Å². The van der Waals surface area contributed by atoms with Gasteiger partial charge in [0.2, 0.25) is 0 Å². The van der Waals surface area contributed by atoms with Crippen LogP contribution >= 0.6 is 0 Å².